The van der Waals surface area contributed by atoms with Crippen molar-refractivity contribution < 1.29 is 24.3 Å². The molecule has 3 unspecified atom stereocenters. The van der Waals surface area contributed by atoms with E-state index in [2.05, 4.69) is 33.6 Å². The maximum Gasteiger partial charge on any atom is 0.326 e. The van der Waals surface area contributed by atoms with E-state index < -0.39 is 48.4 Å². The van der Waals surface area contributed by atoms with E-state index in [0.29, 0.717) is 19.4 Å². The molecule has 11 nitrogen and oxygen atoms in total. The number of aromatic nitrogens is 1. The highest BCUT2D eigenvalue weighted by Crippen LogP contribution is 2.19. The topological polar surface area (TPSA) is 192 Å². The van der Waals surface area contributed by atoms with Crippen LogP contribution in [-0.2, 0) is 25.6 Å². The summed E-state index contributed by atoms with van der Waals surface area (Å²) < 4.78 is 0. The maximum atomic E-state index is 12.9. The number of aliphatic carboxylic acids is 1. The summed E-state index contributed by atoms with van der Waals surface area (Å²) >= 11 is 4.01. The number of amides is 3. The number of carbonyl (C=O) groups excluding carboxylic acids is 3. The van der Waals surface area contributed by atoms with Crippen molar-refractivity contribution in [3.63, 3.8) is 0 Å². The molecule has 12 heteroatoms. The number of rotatable bonds is 14. The fraction of sp³-hybridized carbons (Fsp3) is 0.455. The number of para-hydroxylation sites is 1. The lowest BCUT2D eigenvalue weighted by Gasteiger charge is -2.20. The van der Waals surface area contributed by atoms with Gasteiger partial charge in [0.25, 0.3) is 0 Å². The lowest BCUT2D eigenvalue weighted by Crippen LogP contribution is -2.54. The molecule has 0 bridgehead atoms. The number of fused-ring (bicyclic) bond motifs is 1. The van der Waals surface area contributed by atoms with Gasteiger partial charge in [0.15, 0.2) is 0 Å². The number of thiol groups is 1. The Labute approximate surface area is 202 Å². The quantitative estimate of drug-likeness (QED) is 0.126. The van der Waals surface area contributed by atoms with Crippen LogP contribution >= 0.6 is 12.6 Å². The Morgan fingerprint density at radius 2 is 1.79 bits per heavy atom. The highest BCUT2D eigenvalue weighted by Gasteiger charge is 2.26. The Balaban J connectivity index is 2.05. The molecule has 3 amide bonds. The summed E-state index contributed by atoms with van der Waals surface area (Å²) in [6, 6.07) is 4.52. The van der Waals surface area contributed by atoms with Crippen LogP contribution in [0, 0.1) is 0 Å². The van der Waals surface area contributed by atoms with E-state index in [9.17, 15) is 24.3 Å². The molecule has 186 valence electrons. The number of unbranched alkanes of at least 4 members (excludes halogenated alkanes) is 1. The summed E-state index contributed by atoms with van der Waals surface area (Å²) in [7, 11) is 0. The number of carboxylic acid groups (broad SMARTS) is 1. The van der Waals surface area contributed by atoms with Crippen molar-refractivity contribution in [1.29, 1.82) is 0 Å². The van der Waals surface area contributed by atoms with E-state index in [1.165, 1.54) is 0 Å². The number of hydrogen-bond donors (Lipinski definition) is 8. The minimum absolute atomic E-state index is 0.0936. The lowest BCUT2D eigenvalue weighted by molar-refractivity contribution is -0.142. The highest BCUT2D eigenvalue weighted by molar-refractivity contribution is 7.80. The SMILES string of the molecule is NCCCCC(NC(=O)CNC(=O)C(Cc1c[nH]c2ccccc12)NC(=O)C(N)CS)C(=O)O. The smallest absolute Gasteiger partial charge is 0.326 e. The molecule has 9 N–H and O–H groups in total. The van der Waals surface area contributed by atoms with Gasteiger partial charge in [0.1, 0.15) is 12.1 Å². The second-order valence-corrected chi connectivity index (χ2v) is 8.24. The molecule has 3 atom stereocenters. The second-order valence-electron chi connectivity index (χ2n) is 7.87. The van der Waals surface area contributed by atoms with Crippen LogP contribution in [0.4, 0.5) is 0 Å². The minimum atomic E-state index is -1.16. The van der Waals surface area contributed by atoms with Crippen LogP contribution in [0.5, 0.6) is 0 Å². The van der Waals surface area contributed by atoms with Crippen molar-refractivity contribution in [1.82, 2.24) is 20.9 Å². The predicted molar refractivity (Wildman–Crippen MR) is 131 cm³/mol. The Bertz CT molecular complexity index is 997. The summed E-state index contributed by atoms with van der Waals surface area (Å²) in [5.74, 6) is -2.88. The second kappa shape index (κ2) is 13.6. The Hall–Kier alpha value is -3.09. The van der Waals surface area contributed by atoms with Gasteiger partial charge >= 0.3 is 5.97 Å². The Morgan fingerprint density at radius 1 is 1.06 bits per heavy atom. The number of nitrogens with one attached hydrogen (secondary N) is 4. The maximum absolute atomic E-state index is 12.9. The molecule has 0 aliphatic carbocycles. The summed E-state index contributed by atoms with van der Waals surface area (Å²) in [4.78, 5) is 52.0. The lowest BCUT2D eigenvalue weighted by atomic mass is 10.0. The first kappa shape index (κ1) is 27.2. The highest BCUT2D eigenvalue weighted by atomic mass is 32.1. The molecular formula is C22H32N6O5S. The molecule has 1 heterocycles. The van der Waals surface area contributed by atoms with Gasteiger partial charge in [-0.3, -0.25) is 14.4 Å². The third-order valence-electron chi connectivity index (χ3n) is 5.27. The van der Waals surface area contributed by atoms with Crippen LogP contribution in [0.3, 0.4) is 0 Å². The zero-order chi connectivity index (χ0) is 25.1. The monoisotopic (exact) mass is 492 g/mol. The number of hydrogen-bond acceptors (Lipinski definition) is 7. The van der Waals surface area contributed by atoms with Gasteiger partial charge in [-0.05, 0) is 37.4 Å². The van der Waals surface area contributed by atoms with Crippen molar-refractivity contribution >= 4 is 47.2 Å². The molecule has 0 saturated carbocycles. The van der Waals surface area contributed by atoms with Gasteiger partial charge in [0, 0.05) is 29.3 Å². The molecule has 0 radical (unpaired) electrons. The number of benzene rings is 1. The van der Waals surface area contributed by atoms with Crippen LogP contribution in [0.2, 0.25) is 0 Å². The zero-order valence-electron chi connectivity index (χ0n) is 18.8. The number of H-pyrrole nitrogens is 1. The van der Waals surface area contributed by atoms with E-state index in [4.69, 9.17) is 11.5 Å². The molecule has 0 aliphatic rings. The Morgan fingerprint density at radius 3 is 2.47 bits per heavy atom. The first-order chi connectivity index (χ1) is 16.3. The molecular weight excluding hydrogens is 460 g/mol. The Kier molecular flexibility index (Phi) is 10.8. The normalized spacial score (nSPS) is 13.6. The van der Waals surface area contributed by atoms with E-state index in [1.807, 2.05) is 24.3 Å². The molecule has 34 heavy (non-hydrogen) atoms. The molecule has 0 fully saturated rings. The summed E-state index contributed by atoms with van der Waals surface area (Å²) in [5, 5.41) is 17.7. The number of nitrogens with two attached hydrogens (primary N) is 2. The summed E-state index contributed by atoms with van der Waals surface area (Å²) in [6.07, 6.45) is 3.32. The largest absolute Gasteiger partial charge is 0.480 e. The van der Waals surface area contributed by atoms with Crippen LogP contribution in [-0.4, -0.2) is 70.7 Å². The van der Waals surface area contributed by atoms with Crippen molar-refractivity contribution in [3.8, 4) is 0 Å². The van der Waals surface area contributed by atoms with Crippen molar-refractivity contribution in [2.75, 3.05) is 18.8 Å². The first-order valence-electron chi connectivity index (χ1n) is 11.0. The number of carbonyl (C=O) groups is 4. The van der Waals surface area contributed by atoms with E-state index in [1.54, 1.807) is 6.20 Å². The van der Waals surface area contributed by atoms with E-state index >= 15 is 0 Å². The van der Waals surface area contributed by atoms with Gasteiger partial charge in [-0.1, -0.05) is 18.2 Å². The predicted octanol–water partition coefficient (Wildman–Crippen LogP) is -0.733. The standard InChI is InChI=1S/C22H32N6O5S/c23-8-4-3-7-17(22(32)33)27-19(29)11-26-21(31)18(28-20(30)15(24)12-34)9-13-10-25-16-6-2-1-5-14(13)16/h1-2,5-6,10,15,17-18,25,34H,3-4,7-9,11-12,23-24H2,(H,26,31)(H,27,29)(H,28,30)(H,32,33). The van der Waals surface area contributed by atoms with Gasteiger partial charge in [0.2, 0.25) is 17.7 Å². The summed E-state index contributed by atoms with van der Waals surface area (Å²) in [5.41, 5.74) is 12.8. The number of carboxylic acids is 1. The minimum Gasteiger partial charge on any atom is -0.480 e. The van der Waals surface area contributed by atoms with Crippen LogP contribution < -0.4 is 27.4 Å². The molecule has 0 spiro atoms. The van der Waals surface area contributed by atoms with Crippen LogP contribution in [0.25, 0.3) is 10.9 Å². The fourth-order valence-corrected chi connectivity index (χ4v) is 3.54. The van der Waals surface area contributed by atoms with Crippen LogP contribution in [0.15, 0.2) is 30.5 Å². The van der Waals surface area contributed by atoms with Crippen molar-refractivity contribution in [2.24, 2.45) is 11.5 Å². The fourth-order valence-electron chi connectivity index (χ4n) is 3.38. The van der Waals surface area contributed by atoms with Gasteiger partial charge in [0.05, 0.1) is 12.6 Å². The average Bonchev–Trinajstić information content (AvgIpc) is 3.23. The van der Waals surface area contributed by atoms with Gasteiger partial charge in [-0.15, -0.1) is 0 Å². The van der Waals surface area contributed by atoms with Gasteiger partial charge in [-0.25, -0.2) is 4.79 Å². The molecule has 0 saturated heterocycles. The van der Waals surface area contributed by atoms with Gasteiger partial charge < -0.3 is 37.5 Å². The molecule has 2 aromatic rings. The number of aromatic amines is 1. The van der Waals surface area contributed by atoms with Gasteiger partial charge in [-0.2, -0.15) is 12.6 Å². The third-order valence-corrected chi connectivity index (χ3v) is 5.66. The zero-order valence-corrected chi connectivity index (χ0v) is 19.6. The molecule has 1 aromatic heterocycles. The van der Waals surface area contributed by atoms with Crippen molar-refractivity contribution in [3.05, 3.63) is 36.0 Å². The van der Waals surface area contributed by atoms with E-state index in [-0.39, 0.29) is 18.6 Å². The van der Waals surface area contributed by atoms with Crippen LogP contribution in [0.1, 0.15) is 24.8 Å². The molecule has 0 aliphatic heterocycles. The first-order valence-corrected chi connectivity index (χ1v) is 11.6. The van der Waals surface area contributed by atoms with E-state index in [0.717, 1.165) is 16.5 Å². The molecule has 2 rings (SSSR count). The average molecular weight is 493 g/mol. The van der Waals surface area contributed by atoms with Crippen molar-refractivity contribution in [2.45, 2.75) is 43.8 Å². The summed E-state index contributed by atoms with van der Waals surface area (Å²) in [6.45, 7) is -0.0187. The molecule has 1 aromatic carbocycles. The third kappa shape index (κ3) is 8.04.